The fourth-order valence-corrected chi connectivity index (χ4v) is 3.73. The summed E-state index contributed by atoms with van der Waals surface area (Å²) in [5.74, 6) is 0.469. The molecule has 1 aliphatic rings. The fraction of sp³-hybridized carbons (Fsp3) is 0.300. The number of ether oxygens (including phenoxy) is 1. The lowest BCUT2D eigenvalue weighted by Gasteiger charge is -2.29. The number of nitrogens with zero attached hydrogens (tertiary/aromatic N) is 1. The minimum atomic E-state index is -0.0940. The monoisotopic (exact) mass is 370 g/mol. The highest BCUT2D eigenvalue weighted by atomic mass is 32.2. The number of benzene rings is 2. The van der Waals surface area contributed by atoms with Crippen LogP contribution in [0.3, 0.4) is 0 Å². The van der Waals surface area contributed by atoms with Crippen LogP contribution in [0.1, 0.15) is 22.3 Å². The van der Waals surface area contributed by atoms with Crippen molar-refractivity contribution >= 4 is 29.3 Å². The number of anilines is 1. The van der Waals surface area contributed by atoms with Gasteiger partial charge in [-0.1, -0.05) is 24.3 Å². The minimum absolute atomic E-state index is 0.0940. The molecule has 2 amide bonds. The Morgan fingerprint density at radius 2 is 1.96 bits per heavy atom. The quantitative estimate of drug-likeness (QED) is 0.761. The first kappa shape index (κ1) is 18.5. The number of amides is 2. The van der Waals surface area contributed by atoms with Crippen LogP contribution < -0.4 is 10.2 Å². The van der Waals surface area contributed by atoms with E-state index in [0.29, 0.717) is 31.0 Å². The van der Waals surface area contributed by atoms with E-state index in [0.717, 1.165) is 22.6 Å². The van der Waals surface area contributed by atoms with Gasteiger partial charge in [-0.15, -0.1) is 11.8 Å². The second-order valence-electron chi connectivity index (χ2n) is 6.04. The highest BCUT2D eigenvalue weighted by Gasteiger charge is 2.24. The molecule has 1 heterocycles. The molecule has 2 aromatic carbocycles. The van der Waals surface area contributed by atoms with E-state index in [1.54, 1.807) is 31.0 Å². The molecule has 0 bridgehead atoms. The van der Waals surface area contributed by atoms with Crippen molar-refractivity contribution in [1.29, 1.82) is 0 Å². The molecule has 136 valence electrons. The highest BCUT2D eigenvalue weighted by Crippen LogP contribution is 2.35. The largest absolute Gasteiger partial charge is 0.385 e. The molecule has 0 spiro atoms. The van der Waals surface area contributed by atoms with Gasteiger partial charge in [-0.3, -0.25) is 9.59 Å². The molecule has 6 heteroatoms. The molecular weight excluding hydrogens is 348 g/mol. The Hall–Kier alpha value is -2.31. The molecule has 0 aliphatic carbocycles. The summed E-state index contributed by atoms with van der Waals surface area (Å²) in [5, 5.41) is 2.87. The van der Waals surface area contributed by atoms with E-state index in [-0.39, 0.29) is 11.8 Å². The van der Waals surface area contributed by atoms with E-state index in [4.69, 9.17) is 4.74 Å². The molecule has 1 N–H and O–H groups in total. The Morgan fingerprint density at radius 1 is 1.19 bits per heavy atom. The van der Waals surface area contributed by atoms with E-state index < -0.39 is 0 Å². The number of carbonyl (C=O) groups excluding carboxylic acids is 2. The van der Waals surface area contributed by atoms with Crippen LogP contribution in [0.15, 0.2) is 53.4 Å². The first-order chi connectivity index (χ1) is 12.7. The third kappa shape index (κ3) is 4.45. The van der Waals surface area contributed by atoms with Crippen LogP contribution >= 0.6 is 11.8 Å². The van der Waals surface area contributed by atoms with Crippen molar-refractivity contribution in [3.05, 3.63) is 59.7 Å². The zero-order chi connectivity index (χ0) is 18.4. The Kier molecular flexibility index (Phi) is 6.30. The van der Waals surface area contributed by atoms with Gasteiger partial charge in [-0.2, -0.15) is 0 Å². The molecule has 0 aromatic heterocycles. The second-order valence-corrected chi connectivity index (χ2v) is 7.05. The molecule has 0 fully saturated rings. The lowest BCUT2D eigenvalue weighted by atomic mass is 10.1. The van der Waals surface area contributed by atoms with Gasteiger partial charge in [-0.25, -0.2) is 0 Å². The van der Waals surface area contributed by atoms with Crippen molar-refractivity contribution in [1.82, 2.24) is 5.32 Å². The van der Waals surface area contributed by atoms with Crippen LogP contribution in [0.4, 0.5) is 5.69 Å². The van der Waals surface area contributed by atoms with Crippen molar-refractivity contribution in [2.45, 2.75) is 17.9 Å². The Bertz CT molecular complexity index is 777. The Balaban J connectivity index is 1.64. The van der Waals surface area contributed by atoms with E-state index in [9.17, 15) is 9.59 Å². The molecule has 26 heavy (non-hydrogen) atoms. The fourth-order valence-electron chi connectivity index (χ4n) is 2.79. The number of rotatable bonds is 7. The van der Waals surface area contributed by atoms with Gasteiger partial charge in [0.2, 0.25) is 5.91 Å². The summed E-state index contributed by atoms with van der Waals surface area (Å²) in [5.41, 5.74) is 2.57. The molecule has 0 unspecified atom stereocenters. The normalized spacial score (nSPS) is 13.4. The zero-order valence-electron chi connectivity index (χ0n) is 14.7. The molecule has 5 nitrogen and oxygen atoms in total. The van der Waals surface area contributed by atoms with Crippen LogP contribution in [0, 0.1) is 0 Å². The molecule has 0 atom stereocenters. The number of hydrogen-bond acceptors (Lipinski definition) is 4. The first-order valence-electron chi connectivity index (χ1n) is 8.57. The van der Waals surface area contributed by atoms with Gasteiger partial charge < -0.3 is 15.0 Å². The summed E-state index contributed by atoms with van der Waals surface area (Å²) in [6, 6.07) is 15.4. The number of fused-ring (bicyclic) bond motifs is 1. The molecule has 1 aliphatic heterocycles. The molecular formula is C20H22N2O3S. The summed E-state index contributed by atoms with van der Waals surface area (Å²) in [4.78, 5) is 27.4. The van der Waals surface area contributed by atoms with Crippen LogP contribution in [0.5, 0.6) is 0 Å². The van der Waals surface area contributed by atoms with E-state index in [1.807, 2.05) is 41.3 Å². The molecule has 0 saturated heterocycles. The van der Waals surface area contributed by atoms with Gasteiger partial charge in [0.25, 0.3) is 5.91 Å². The molecule has 0 radical (unpaired) electrons. The van der Waals surface area contributed by atoms with Gasteiger partial charge in [0.05, 0.1) is 18.0 Å². The number of methoxy groups -OCH3 is 1. The Morgan fingerprint density at radius 3 is 2.73 bits per heavy atom. The SMILES string of the molecule is COCCCNC(=O)c1ccc(CN2C(=O)CSc3ccccc32)cc1. The van der Waals surface area contributed by atoms with Crippen LogP contribution in [-0.2, 0) is 16.1 Å². The molecule has 2 aromatic rings. The predicted molar refractivity (Wildman–Crippen MR) is 104 cm³/mol. The van der Waals surface area contributed by atoms with Crippen molar-refractivity contribution in [2.75, 3.05) is 30.9 Å². The van der Waals surface area contributed by atoms with Crippen LogP contribution in [0.2, 0.25) is 0 Å². The smallest absolute Gasteiger partial charge is 0.251 e. The van der Waals surface area contributed by atoms with E-state index >= 15 is 0 Å². The van der Waals surface area contributed by atoms with Crippen molar-refractivity contribution in [2.24, 2.45) is 0 Å². The summed E-state index contributed by atoms with van der Waals surface area (Å²) < 4.78 is 4.97. The average Bonchev–Trinajstić information content (AvgIpc) is 2.68. The second kappa shape index (κ2) is 8.87. The number of para-hydroxylation sites is 1. The average molecular weight is 370 g/mol. The van der Waals surface area contributed by atoms with Crippen LogP contribution in [-0.4, -0.2) is 37.8 Å². The van der Waals surface area contributed by atoms with E-state index in [2.05, 4.69) is 5.32 Å². The minimum Gasteiger partial charge on any atom is -0.385 e. The maximum Gasteiger partial charge on any atom is 0.251 e. The summed E-state index contributed by atoms with van der Waals surface area (Å²) in [6.45, 7) is 1.72. The van der Waals surface area contributed by atoms with E-state index in [1.165, 1.54) is 0 Å². The number of hydrogen-bond donors (Lipinski definition) is 1. The van der Waals surface area contributed by atoms with Gasteiger partial charge in [0.1, 0.15) is 0 Å². The van der Waals surface area contributed by atoms with Crippen molar-refractivity contribution in [3.63, 3.8) is 0 Å². The van der Waals surface area contributed by atoms with Crippen LogP contribution in [0.25, 0.3) is 0 Å². The molecule has 3 rings (SSSR count). The maximum atomic E-state index is 12.3. The number of nitrogens with one attached hydrogen (secondary N) is 1. The Labute approximate surface area is 157 Å². The van der Waals surface area contributed by atoms with Crippen molar-refractivity contribution in [3.8, 4) is 0 Å². The van der Waals surface area contributed by atoms with Gasteiger partial charge in [0.15, 0.2) is 0 Å². The topological polar surface area (TPSA) is 58.6 Å². The molecule has 0 saturated carbocycles. The zero-order valence-corrected chi connectivity index (χ0v) is 15.6. The van der Waals surface area contributed by atoms with Gasteiger partial charge in [0, 0.05) is 30.7 Å². The summed E-state index contributed by atoms with van der Waals surface area (Å²) in [7, 11) is 1.64. The summed E-state index contributed by atoms with van der Waals surface area (Å²) in [6.07, 6.45) is 0.787. The van der Waals surface area contributed by atoms with Gasteiger partial charge >= 0.3 is 0 Å². The highest BCUT2D eigenvalue weighted by molar-refractivity contribution is 8.00. The lowest BCUT2D eigenvalue weighted by Crippen LogP contribution is -2.34. The van der Waals surface area contributed by atoms with Gasteiger partial charge in [-0.05, 0) is 36.2 Å². The predicted octanol–water partition coefficient (Wildman–Crippen LogP) is 3.09. The maximum absolute atomic E-state index is 12.3. The third-order valence-electron chi connectivity index (χ3n) is 4.18. The first-order valence-corrected chi connectivity index (χ1v) is 9.56. The van der Waals surface area contributed by atoms with Crippen molar-refractivity contribution < 1.29 is 14.3 Å². The standard InChI is InChI=1S/C20H22N2O3S/c1-25-12-4-11-21-20(24)16-9-7-15(8-10-16)13-22-17-5-2-3-6-18(17)26-14-19(22)23/h2-3,5-10H,4,11-14H2,1H3,(H,21,24). The number of thioether (sulfide) groups is 1. The third-order valence-corrected chi connectivity index (χ3v) is 5.22. The summed E-state index contributed by atoms with van der Waals surface area (Å²) >= 11 is 1.58. The number of carbonyl (C=O) groups is 2. The lowest BCUT2D eigenvalue weighted by molar-refractivity contribution is -0.116.